The van der Waals surface area contributed by atoms with E-state index in [0.717, 1.165) is 24.7 Å². The molecule has 3 heteroatoms. The Morgan fingerprint density at radius 1 is 0.789 bits per heavy atom. The molecule has 0 atom stereocenters. The third-order valence-corrected chi connectivity index (χ3v) is 4.10. The molecule has 19 heavy (non-hydrogen) atoms. The summed E-state index contributed by atoms with van der Waals surface area (Å²) < 4.78 is 5.58. The van der Waals surface area contributed by atoms with Gasteiger partial charge in [0, 0.05) is 11.5 Å². The molecule has 0 aromatic carbocycles. The minimum atomic E-state index is 0.864. The zero-order chi connectivity index (χ0) is 14.0. The van der Waals surface area contributed by atoms with E-state index in [9.17, 15) is 0 Å². The van der Waals surface area contributed by atoms with Gasteiger partial charge in [0.25, 0.3) is 0 Å². The summed E-state index contributed by atoms with van der Waals surface area (Å²) >= 11 is 3.71. The van der Waals surface area contributed by atoms with Crippen LogP contribution in [0.15, 0.2) is 23.0 Å². The number of unbranched alkanes of at least 4 members (excludes halogenated alkanes) is 4. The first-order chi connectivity index (χ1) is 9.41. The highest BCUT2D eigenvalue weighted by Gasteiger charge is 1.88. The molecule has 0 saturated heterocycles. The van der Waals surface area contributed by atoms with Crippen LogP contribution in [0.4, 0.5) is 0 Å². The fraction of sp³-hybridized carbons (Fsp3) is 0.750. The average molecular weight is 303 g/mol. The van der Waals surface area contributed by atoms with E-state index in [2.05, 4.69) is 36.8 Å². The first kappa shape index (κ1) is 19.1. The molecule has 0 radical (unpaired) electrons. The van der Waals surface area contributed by atoms with Gasteiger partial charge in [0.15, 0.2) is 0 Å². The first-order valence-corrected chi connectivity index (χ1v) is 9.62. The molecule has 0 amide bonds. The van der Waals surface area contributed by atoms with Gasteiger partial charge in [-0.2, -0.15) is 0 Å². The van der Waals surface area contributed by atoms with Crippen LogP contribution in [0.25, 0.3) is 0 Å². The summed E-state index contributed by atoms with van der Waals surface area (Å²) in [5.74, 6) is 2.14. The van der Waals surface area contributed by atoms with Gasteiger partial charge in [-0.05, 0) is 23.7 Å². The number of hydrogen-bond acceptors (Lipinski definition) is 3. The van der Waals surface area contributed by atoms with Gasteiger partial charge in [0.1, 0.15) is 0 Å². The van der Waals surface area contributed by atoms with Crippen LogP contribution in [0.3, 0.4) is 0 Å². The van der Waals surface area contributed by atoms with Crippen molar-refractivity contribution in [3.05, 3.63) is 23.0 Å². The predicted molar refractivity (Wildman–Crippen MR) is 93.1 cm³/mol. The molecule has 0 rings (SSSR count). The molecule has 0 bridgehead atoms. The van der Waals surface area contributed by atoms with Crippen LogP contribution in [-0.4, -0.2) is 24.7 Å². The second-order valence-electron chi connectivity index (χ2n) is 4.38. The van der Waals surface area contributed by atoms with Crippen molar-refractivity contribution < 1.29 is 4.74 Å². The van der Waals surface area contributed by atoms with Crippen LogP contribution < -0.4 is 0 Å². The Balaban J connectivity index is 3.06. The van der Waals surface area contributed by atoms with E-state index in [0.29, 0.717) is 0 Å². The second kappa shape index (κ2) is 18.1. The molecular weight excluding hydrogens is 272 g/mol. The smallest absolute Gasteiger partial charge is 0.0560 e. The summed E-state index contributed by atoms with van der Waals surface area (Å²) in [6.07, 6.45) is 12.1. The highest BCUT2D eigenvalue weighted by atomic mass is 32.2. The average Bonchev–Trinajstić information content (AvgIpc) is 2.43. The number of hydrogen-bond donors (Lipinski definition) is 0. The normalized spacial score (nSPS) is 11.9. The molecule has 0 spiro atoms. The monoisotopic (exact) mass is 302 g/mol. The number of thioether (sulfide) groups is 2. The fourth-order valence-electron chi connectivity index (χ4n) is 1.37. The summed E-state index contributed by atoms with van der Waals surface area (Å²) in [5, 5.41) is 4.43. The van der Waals surface area contributed by atoms with Gasteiger partial charge in [0.05, 0.1) is 13.2 Å². The van der Waals surface area contributed by atoms with Gasteiger partial charge in [-0.15, -0.1) is 23.5 Å². The molecule has 0 fully saturated rings. The molecule has 0 aliphatic rings. The van der Waals surface area contributed by atoms with Crippen molar-refractivity contribution in [2.45, 2.75) is 52.4 Å². The molecule has 0 unspecified atom stereocenters. The Hall–Kier alpha value is 0.140. The Kier molecular flexibility index (Phi) is 18.3. The van der Waals surface area contributed by atoms with Crippen molar-refractivity contribution in [3.8, 4) is 0 Å². The van der Waals surface area contributed by atoms with Crippen LogP contribution in [0.5, 0.6) is 0 Å². The Bertz CT molecular complexity index is 193. The quantitative estimate of drug-likeness (QED) is 0.371. The molecule has 0 heterocycles. The summed E-state index contributed by atoms with van der Waals surface area (Å²) in [6, 6.07) is 0. The Morgan fingerprint density at radius 2 is 1.26 bits per heavy atom. The third kappa shape index (κ3) is 18.1. The van der Waals surface area contributed by atoms with Crippen molar-refractivity contribution in [1.82, 2.24) is 0 Å². The lowest BCUT2D eigenvalue weighted by Crippen LogP contribution is -2.00. The molecule has 0 aromatic heterocycles. The minimum Gasteiger partial charge on any atom is -0.380 e. The SMILES string of the molecule is CCCCC=CSCCOCCSC=CCCCC. The number of allylic oxidation sites excluding steroid dienone is 2. The van der Waals surface area contributed by atoms with Gasteiger partial charge in [0.2, 0.25) is 0 Å². The number of rotatable bonds is 14. The lowest BCUT2D eigenvalue weighted by Gasteiger charge is -2.01. The van der Waals surface area contributed by atoms with Crippen molar-refractivity contribution in [1.29, 1.82) is 0 Å². The molecule has 0 aliphatic heterocycles. The summed E-state index contributed by atoms with van der Waals surface area (Å²) in [7, 11) is 0. The van der Waals surface area contributed by atoms with Crippen molar-refractivity contribution in [2.75, 3.05) is 24.7 Å². The molecular formula is C16H30OS2. The van der Waals surface area contributed by atoms with Crippen molar-refractivity contribution in [2.24, 2.45) is 0 Å². The van der Waals surface area contributed by atoms with Gasteiger partial charge >= 0.3 is 0 Å². The van der Waals surface area contributed by atoms with Crippen molar-refractivity contribution in [3.63, 3.8) is 0 Å². The van der Waals surface area contributed by atoms with Crippen LogP contribution >= 0.6 is 23.5 Å². The van der Waals surface area contributed by atoms with E-state index in [-0.39, 0.29) is 0 Å². The number of ether oxygens (including phenoxy) is 1. The summed E-state index contributed by atoms with van der Waals surface area (Å²) in [5.41, 5.74) is 0. The maximum Gasteiger partial charge on any atom is 0.0560 e. The predicted octanol–water partition coefficient (Wildman–Crippen LogP) is 5.88. The first-order valence-electron chi connectivity index (χ1n) is 7.52. The third-order valence-electron chi connectivity index (χ3n) is 2.52. The highest BCUT2D eigenvalue weighted by molar-refractivity contribution is 8.02. The minimum absolute atomic E-state index is 0.864. The van der Waals surface area contributed by atoms with Gasteiger partial charge in [-0.25, -0.2) is 0 Å². The van der Waals surface area contributed by atoms with E-state index in [1.807, 2.05) is 23.5 Å². The summed E-state index contributed by atoms with van der Waals surface area (Å²) in [6.45, 7) is 6.18. The molecule has 1 nitrogen and oxygen atoms in total. The van der Waals surface area contributed by atoms with Gasteiger partial charge in [-0.1, -0.05) is 51.7 Å². The summed E-state index contributed by atoms with van der Waals surface area (Å²) in [4.78, 5) is 0. The van der Waals surface area contributed by atoms with Crippen molar-refractivity contribution >= 4 is 23.5 Å². The molecule has 0 saturated carbocycles. The Labute approximate surface area is 128 Å². The fourth-order valence-corrected chi connectivity index (χ4v) is 2.61. The molecule has 0 aliphatic carbocycles. The zero-order valence-electron chi connectivity index (χ0n) is 12.6. The zero-order valence-corrected chi connectivity index (χ0v) is 14.2. The standard InChI is InChI=1S/C16H30OS2/c1-3-5-7-9-13-18-15-11-17-12-16-19-14-10-8-6-4-2/h9-10,13-14H,3-8,11-12,15-16H2,1-2H3. The lowest BCUT2D eigenvalue weighted by molar-refractivity contribution is 0.167. The molecule has 112 valence electrons. The van der Waals surface area contributed by atoms with Crippen LogP contribution in [-0.2, 0) is 4.74 Å². The van der Waals surface area contributed by atoms with E-state index in [1.54, 1.807) is 0 Å². The molecule has 0 N–H and O–H groups in total. The maximum atomic E-state index is 5.58. The van der Waals surface area contributed by atoms with E-state index >= 15 is 0 Å². The molecule has 0 aromatic rings. The lowest BCUT2D eigenvalue weighted by atomic mass is 10.2. The van der Waals surface area contributed by atoms with Gasteiger partial charge in [-0.3, -0.25) is 0 Å². The van der Waals surface area contributed by atoms with E-state index in [4.69, 9.17) is 4.74 Å². The topological polar surface area (TPSA) is 9.23 Å². The van der Waals surface area contributed by atoms with Crippen LogP contribution in [0.1, 0.15) is 52.4 Å². The van der Waals surface area contributed by atoms with Gasteiger partial charge < -0.3 is 4.74 Å². The van der Waals surface area contributed by atoms with Crippen LogP contribution in [0, 0.1) is 0 Å². The Morgan fingerprint density at radius 3 is 1.68 bits per heavy atom. The largest absolute Gasteiger partial charge is 0.380 e. The van der Waals surface area contributed by atoms with Crippen LogP contribution in [0.2, 0.25) is 0 Å². The van der Waals surface area contributed by atoms with E-state index < -0.39 is 0 Å². The maximum absolute atomic E-state index is 5.58. The van der Waals surface area contributed by atoms with E-state index in [1.165, 1.54) is 38.5 Å². The highest BCUT2D eigenvalue weighted by Crippen LogP contribution is 2.06. The second-order valence-corrected chi connectivity index (χ2v) is 6.41.